The van der Waals surface area contributed by atoms with Crippen LogP contribution in [0.25, 0.3) is 0 Å². The normalized spacial score (nSPS) is 10.6. The fraction of sp³-hybridized carbons (Fsp3) is 0.556. The lowest BCUT2D eigenvalue weighted by atomic mass is 10.4. The average molecular weight is 169 g/mol. The van der Waals surface area contributed by atoms with Crippen molar-refractivity contribution in [3.8, 4) is 0 Å². The number of nitrogens with zero attached hydrogens (tertiary/aromatic N) is 1. The van der Waals surface area contributed by atoms with Crippen LogP contribution in [0.5, 0.6) is 0 Å². The van der Waals surface area contributed by atoms with Crippen LogP contribution < -0.4 is 0 Å². The van der Waals surface area contributed by atoms with Crippen LogP contribution in [0.15, 0.2) is 12.1 Å². The molecule has 12 heavy (non-hydrogen) atoms. The Labute approximate surface area is 72.6 Å². The van der Waals surface area contributed by atoms with Crippen molar-refractivity contribution >= 4 is 0 Å². The molecular formula is C9H15NO2. The molecule has 1 heterocycles. The molecule has 3 nitrogen and oxygen atoms in total. The van der Waals surface area contributed by atoms with Gasteiger partial charge in [-0.2, -0.15) is 0 Å². The largest absolute Gasteiger partial charge is 0.395 e. The second-order valence-electron chi connectivity index (χ2n) is 2.77. The van der Waals surface area contributed by atoms with Gasteiger partial charge in [-0.05, 0) is 19.1 Å². The van der Waals surface area contributed by atoms with Crippen LogP contribution in [-0.2, 0) is 17.9 Å². The van der Waals surface area contributed by atoms with E-state index < -0.39 is 0 Å². The number of hydrogen-bond acceptors (Lipinski definition) is 2. The van der Waals surface area contributed by atoms with Crippen molar-refractivity contribution in [2.45, 2.75) is 20.1 Å². The number of ether oxygens (including phenoxy) is 1. The molecule has 0 unspecified atom stereocenters. The topological polar surface area (TPSA) is 34.4 Å². The molecule has 3 heteroatoms. The Kier molecular flexibility index (Phi) is 3.31. The molecule has 0 amide bonds. The van der Waals surface area contributed by atoms with Gasteiger partial charge in [0.05, 0.1) is 13.2 Å². The standard InChI is InChI=1S/C9H15NO2/c1-8-3-4-9(7-12-2)10(8)5-6-11/h3-4,11H,5-7H2,1-2H3. The molecule has 0 atom stereocenters. The van der Waals surface area contributed by atoms with Gasteiger partial charge in [-0.3, -0.25) is 0 Å². The smallest absolute Gasteiger partial charge is 0.0864 e. The third-order valence-electron chi connectivity index (χ3n) is 1.91. The minimum Gasteiger partial charge on any atom is -0.395 e. The predicted molar refractivity (Wildman–Crippen MR) is 47.0 cm³/mol. The Morgan fingerprint density at radius 3 is 2.83 bits per heavy atom. The lowest BCUT2D eigenvalue weighted by Crippen LogP contribution is -2.08. The number of methoxy groups -OCH3 is 1. The summed E-state index contributed by atoms with van der Waals surface area (Å²) in [5, 5.41) is 8.79. The number of hydrogen-bond donors (Lipinski definition) is 1. The Hall–Kier alpha value is -0.800. The lowest BCUT2D eigenvalue weighted by Gasteiger charge is -2.08. The van der Waals surface area contributed by atoms with Crippen molar-refractivity contribution < 1.29 is 9.84 Å². The molecule has 68 valence electrons. The van der Waals surface area contributed by atoms with Crippen LogP contribution in [0.4, 0.5) is 0 Å². The molecule has 0 aliphatic heterocycles. The fourth-order valence-corrected chi connectivity index (χ4v) is 1.32. The highest BCUT2D eigenvalue weighted by Gasteiger charge is 2.02. The van der Waals surface area contributed by atoms with E-state index in [9.17, 15) is 0 Å². The first kappa shape index (κ1) is 9.29. The van der Waals surface area contributed by atoms with Gasteiger partial charge in [-0.1, -0.05) is 0 Å². The third-order valence-corrected chi connectivity index (χ3v) is 1.91. The van der Waals surface area contributed by atoms with Gasteiger partial charge < -0.3 is 14.4 Å². The van der Waals surface area contributed by atoms with Gasteiger partial charge in [0.25, 0.3) is 0 Å². The first-order valence-corrected chi connectivity index (χ1v) is 4.04. The first-order chi connectivity index (χ1) is 5.79. The van der Waals surface area contributed by atoms with Gasteiger partial charge in [-0.25, -0.2) is 0 Å². The van der Waals surface area contributed by atoms with Crippen molar-refractivity contribution in [2.75, 3.05) is 13.7 Å². The molecule has 0 radical (unpaired) electrons. The molecule has 1 rings (SSSR count). The lowest BCUT2D eigenvalue weighted by molar-refractivity contribution is 0.175. The van der Waals surface area contributed by atoms with Gasteiger partial charge in [0, 0.05) is 25.0 Å². The van der Waals surface area contributed by atoms with E-state index in [4.69, 9.17) is 9.84 Å². The number of rotatable bonds is 4. The molecule has 1 aromatic rings. The summed E-state index contributed by atoms with van der Waals surface area (Å²) in [6.07, 6.45) is 0. The minimum atomic E-state index is 0.173. The molecule has 0 saturated carbocycles. The molecule has 0 aromatic carbocycles. The van der Waals surface area contributed by atoms with Gasteiger partial charge in [0.2, 0.25) is 0 Å². The van der Waals surface area contributed by atoms with Crippen LogP contribution >= 0.6 is 0 Å². The van der Waals surface area contributed by atoms with E-state index in [0.717, 1.165) is 11.4 Å². The average Bonchev–Trinajstić information content (AvgIpc) is 2.37. The van der Waals surface area contributed by atoms with Crippen molar-refractivity contribution in [3.05, 3.63) is 23.5 Å². The molecule has 0 saturated heterocycles. The van der Waals surface area contributed by atoms with E-state index in [1.54, 1.807) is 7.11 Å². The van der Waals surface area contributed by atoms with Crippen molar-refractivity contribution in [1.82, 2.24) is 4.57 Å². The van der Waals surface area contributed by atoms with E-state index in [1.165, 1.54) is 0 Å². The van der Waals surface area contributed by atoms with Crippen molar-refractivity contribution in [2.24, 2.45) is 0 Å². The highest BCUT2D eigenvalue weighted by molar-refractivity contribution is 5.14. The van der Waals surface area contributed by atoms with Crippen LogP contribution in [0.2, 0.25) is 0 Å². The Morgan fingerprint density at radius 1 is 1.50 bits per heavy atom. The minimum absolute atomic E-state index is 0.173. The molecule has 0 bridgehead atoms. The van der Waals surface area contributed by atoms with Gasteiger partial charge in [0.1, 0.15) is 0 Å². The third kappa shape index (κ3) is 1.87. The maximum Gasteiger partial charge on any atom is 0.0864 e. The Balaban J connectivity index is 2.80. The quantitative estimate of drug-likeness (QED) is 0.727. The highest BCUT2D eigenvalue weighted by atomic mass is 16.5. The van der Waals surface area contributed by atoms with E-state index in [-0.39, 0.29) is 6.61 Å². The Bertz CT molecular complexity index is 243. The highest BCUT2D eigenvalue weighted by Crippen LogP contribution is 2.08. The van der Waals surface area contributed by atoms with E-state index >= 15 is 0 Å². The summed E-state index contributed by atoms with van der Waals surface area (Å²) in [7, 11) is 1.67. The second-order valence-corrected chi connectivity index (χ2v) is 2.77. The summed E-state index contributed by atoms with van der Waals surface area (Å²) in [5.41, 5.74) is 2.28. The summed E-state index contributed by atoms with van der Waals surface area (Å²) in [6.45, 7) is 3.45. The predicted octanol–water partition coefficient (Wildman–Crippen LogP) is 0.935. The molecular weight excluding hydrogens is 154 g/mol. The number of aliphatic hydroxyl groups is 1. The summed E-state index contributed by atoms with van der Waals surface area (Å²) < 4.78 is 7.08. The summed E-state index contributed by atoms with van der Waals surface area (Å²) in [4.78, 5) is 0. The van der Waals surface area contributed by atoms with Crippen LogP contribution in [-0.4, -0.2) is 23.4 Å². The molecule has 1 N–H and O–H groups in total. The SMILES string of the molecule is COCc1ccc(C)n1CCO. The molecule has 0 fully saturated rings. The maximum absolute atomic E-state index is 8.79. The second kappa shape index (κ2) is 4.28. The number of aromatic nitrogens is 1. The molecule has 1 aromatic heterocycles. The van der Waals surface area contributed by atoms with Crippen LogP contribution in [0, 0.1) is 6.92 Å². The molecule has 0 aliphatic carbocycles. The number of aryl methyl sites for hydroxylation is 1. The van der Waals surface area contributed by atoms with Crippen LogP contribution in [0.1, 0.15) is 11.4 Å². The van der Waals surface area contributed by atoms with E-state index in [1.807, 2.05) is 19.1 Å². The maximum atomic E-state index is 8.79. The summed E-state index contributed by atoms with van der Waals surface area (Å²) >= 11 is 0. The monoisotopic (exact) mass is 169 g/mol. The van der Waals surface area contributed by atoms with Gasteiger partial charge >= 0.3 is 0 Å². The van der Waals surface area contributed by atoms with E-state index in [2.05, 4.69) is 4.57 Å². The number of aliphatic hydroxyl groups excluding tert-OH is 1. The van der Waals surface area contributed by atoms with Gasteiger partial charge in [-0.15, -0.1) is 0 Å². The van der Waals surface area contributed by atoms with Crippen molar-refractivity contribution in [1.29, 1.82) is 0 Å². The van der Waals surface area contributed by atoms with Crippen LogP contribution in [0.3, 0.4) is 0 Å². The fourth-order valence-electron chi connectivity index (χ4n) is 1.32. The zero-order valence-corrected chi connectivity index (χ0v) is 7.58. The first-order valence-electron chi connectivity index (χ1n) is 4.04. The summed E-state index contributed by atoms with van der Waals surface area (Å²) in [5.74, 6) is 0. The van der Waals surface area contributed by atoms with E-state index in [0.29, 0.717) is 13.2 Å². The zero-order chi connectivity index (χ0) is 8.97. The van der Waals surface area contributed by atoms with Gasteiger partial charge in [0.15, 0.2) is 0 Å². The zero-order valence-electron chi connectivity index (χ0n) is 7.58. The molecule has 0 aliphatic rings. The van der Waals surface area contributed by atoms with Crippen molar-refractivity contribution in [3.63, 3.8) is 0 Å². The Morgan fingerprint density at radius 2 is 2.25 bits per heavy atom. The molecule has 0 spiro atoms. The summed E-state index contributed by atoms with van der Waals surface area (Å²) in [6, 6.07) is 4.05.